The van der Waals surface area contributed by atoms with E-state index in [2.05, 4.69) is 20.8 Å². The van der Waals surface area contributed by atoms with Gasteiger partial charge in [0.15, 0.2) is 0 Å². The molecule has 1 aromatic rings. The topological polar surface area (TPSA) is 23.5 Å². The van der Waals surface area contributed by atoms with Crippen molar-refractivity contribution in [3.8, 4) is 0 Å². The number of benzene rings is 1. The second-order valence-corrected chi connectivity index (χ2v) is 4.60. The molecule has 0 radical (unpaired) electrons. The van der Waals surface area contributed by atoms with Gasteiger partial charge in [0.05, 0.1) is 0 Å². The zero-order chi connectivity index (χ0) is 12.0. The van der Waals surface area contributed by atoms with Crippen LogP contribution in [-0.2, 0) is 6.54 Å². The Labute approximate surface area is 104 Å². The number of hydrogen-bond donors (Lipinski definition) is 1. The maximum absolute atomic E-state index is 13.5. The summed E-state index contributed by atoms with van der Waals surface area (Å²) >= 11 is 3.34. The summed E-state index contributed by atoms with van der Waals surface area (Å²) in [4.78, 5) is 2.11. The molecule has 1 rings (SSSR count). The van der Waals surface area contributed by atoms with Crippen LogP contribution in [0.4, 0.5) is 4.39 Å². The molecule has 4 heteroatoms. The summed E-state index contributed by atoms with van der Waals surface area (Å²) < 4.78 is 14.4. The van der Waals surface area contributed by atoms with E-state index < -0.39 is 0 Å². The molecule has 0 fully saturated rings. The van der Waals surface area contributed by atoms with Crippen molar-refractivity contribution < 1.29 is 9.50 Å². The van der Waals surface area contributed by atoms with Gasteiger partial charge in [0.2, 0.25) is 0 Å². The molecular formula is C12H17BrFNO. The molecule has 2 nitrogen and oxygen atoms in total. The van der Waals surface area contributed by atoms with Crippen LogP contribution in [0.15, 0.2) is 22.7 Å². The molecule has 0 saturated carbocycles. The van der Waals surface area contributed by atoms with E-state index >= 15 is 0 Å². The van der Waals surface area contributed by atoms with E-state index in [-0.39, 0.29) is 12.4 Å². The van der Waals surface area contributed by atoms with E-state index in [1.165, 1.54) is 6.07 Å². The first-order valence-electron chi connectivity index (χ1n) is 5.44. The molecular weight excluding hydrogens is 273 g/mol. The van der Waals surface area contributed by atoms with E-state index in [0.717, 1.165) is 24.0 Å². The fourth-order valence-electron chi connectivity index (χ4n) is 1.55. The maximum Gasteiger partial charge on any atom is 0.127 e. The lowest BCUT2D eigenvalue weighted by molar-refractivity contribution is 0.223. The van der Waals surface area contributed by atoms with Crippen LogP contribution in [0.2, 0.25) is 0 Å². The van der Waals surface area contributed by atoms with Gasteiger partial charge < -0.3 is 5.11 Å². The van der Waals surface area contributed by atoms with E-state index in [0.29, 0.717) is 12.1 Å². The van der Waals surface area contributed by atoms with Gasteiger partial charge in [0.25, 0.3) is 0 Å². The van der Waals surface area contributed by atoms with Crippen LogP contribution >= 0.6 is 15.9 Å². The van der Waals surface area contributed by atoms with Gasteiger partial charge in [-0.1, -0.05) is 22.9 Å². The molecule has 0 atom stereocenters. The lowest BCUT2D eigenvalue weighted by Crippen LogP contribution is -2.25. The summed E-state index contributed by atoms with van der Waals surface area (Å²) in [5.41, 5.74) is 0.689. The molecule has 0 saturated heterocycles. The molecule has 0 unspecified atom stereocenters. The lowest BCUT2D eigenvalue weighted by Gasteiger charge is -2.20. The van der Waals surface area contributed by atoms with Crippen LogP contribution in [0.1, 0.15) is 18.9 Å². The lowest BCUT2D eigenvalue weighted by atomic mass is 10.2. The second-order valence-electron chi connectivity index (χ2n) is 3.68. The Kier molecular flexibility index (Phi) is 5.95. The Hall–Kier alpha value is -0.450. The largest absolute Gasteiger partial charge is 0.396 e. The van der Waals surface area contributed by atoms with Crippen molar-refractivity contribution in [3.05, 3.63) is 34.1 Å². The molecule has 0 aromatic heterocycles. The molecule has 0 aliphatic rings. The van der Waals surface area contributed by atoms with Gasteiger partial charge in [-0.3, -0.25) is 4.90 Å². The fraction of sp³-hybridized carbons (Fsp3) is 0.500. The summed E-state index contributed by atoms with van der Waals surface area (Å²) in [6.45, 7) is 4.44. The second kappa shape index (κ2) is 6.99. The summed E-state index contributed by atoms with van der Waals surface area (Å²) in [5.74, 6) is -0.175. The SMILES string of the molecule is CCN(CCCO)Cc1cc(Br)ccc1F. The molecule has 0 spiro atoms. The third-order valence-corrected chi connectivity index (χ3v) is 2.97. The molecule has 1 N–H and O–H groups in total. The monoisotopic (exact) mass is 289 g/mol. The third kappa shape index (κ3) is 4.20. The highest BCUT2D eigenvalue weighted by Gasteiger charge is 2.08. The van der Waals surface area contributed by atoms with Crippen molar-refractivity contribution in [1.29, 1.82) is 0 Å². The molecule has 16 heavy (non-hydrogen) atoms. The Morgan fingerprint density at radius 2 is 2.19 bits per heavy atom. The zero-order valence-corrected chi connectivity index (χ0v) is 11.0. The van der Waals surface area contributed by atoms with Crippen LogP contribution in [-0.4, -0.2) is 29.7 Å². The Balaban J connectivity index is 2.65. The van der Waals surface area contributed by atoms with Gasteiger partial charge in [-0.15, -0.1) is 0 Å². The van der Waals surface area contributed by atoms with E-state index in [1.54, 1.807) is 12.1 Å². The van der Waals surface area contributed by atoms with Crippen LogP contribution in [0.3, 0.4) is 0 Å². The van der Waals surface area contributed by atoms with Crippen LogP contribution < -0.4 is 0 Å². The highest BCUT2D eigenvalue weighted by molar-refractivity contribution is 9.10. The number of nitrogens with zero attached hydrogens (tertiary/aromatic N) is 1. The number of aliphatic hydroxyl groups excluding tert-OH is 1. The van der Waals surface area contributed by atoms with E-state index in [1.807, 2.05) is 6.92 Å². The first-order valence-corrected chi connectivity index (χ1v) is 6.23. The highest BCUT2D eigenvalue weighted by Crippen LogP contribution is 2.17. The Bertz CT molecular complexity index is 333. The quantitative estimate of drug-likeness (QED) is 0.871. The van der Waals surface area contributed by atoms with Crippen molar-refractivity contribution in [1.82, 2.24) is 4.90 Å². The Morgan fingerprint density at radius 3 is 2.81 bits per heavy atom. The molecule has 0 aliphatic heterocycles. The fourth-order valence-corrected chi connectivity index (χ4v) is 1.96. The predicted octanol–water partition coefficient (Wildman–Crippen LogP) is 2.79. The average molecular weight is 290 g/mol. The zero-order valence-electron chi connectivity index (χ0n) is 9.42. The Morgan fingerprint density at radius 1 is 1.44 bits per heavy atom. The van der Waals surface area contributed by atoms with Gasteiger partial charge in [-0.2, -0.15) is 0 Å². The summed E-state index contributed by atoms with van der Waals surface area (Å²) in [6, 6.07) is 4.97. The normalized spacial score (nSPS) is 11.1. The minimum absolute atomic E-state index is 0.175. The van der Waals surface area contributed by atoms with E-state index in [9.17, 15) is 4.39 Å². The molecule has 0 bridgehead atoms. The summed E-state index contributed by atoms with van der Waals surface area (Å²) in [6.07, 6.45) is 0.726. The number of hydrogen-bond acceptors (Lipinski definition) is 2. The molecule has 1 aromatic carbocycles. The standard InChI is InChI=1S/C12H17BrFNO/c1-2-15(6-3-7-16)9-10-8-11(13)4-5-12(10)14/h4-5,8,16H,2-3,6-7,9H2,1H3. The smallest absolute Gasteiger partial charge is 0.127 e. The summed E-state index contributed by atoms with van der Waals surface area (Å²) in [7, 11) is 0. The van der Waals surface area contributed by atoms with Crippen molar-refractivity contribution in [2.45, 2.75) is 19.9 Å². The van der Waals surface area contributed by atoms with Crippen molar-refractivity contribution in [2.75, 3.05) is 19.7 Å². The molecule has 0 heterocycles. The third-order valence-electron chi connectivity index (χ3n) is 2.48. The number of rotatable bonds is 6. The number of halogens is 2. The predicted molar refractivity (Wildman–Crippen MR) is 66.8 cm³/mol. The summed E-state index contributed by atoms with van der Waals surface area (Å²) in [5, 5.41) is 8.77. The highest BCUT2D eigenvalue weighted by atomic mass is 79.9. The molecule has 0 aliphatic carbocycles. The minimum atomic E-state index is -0.175. The maximum atomic E-state index is 13.5. The van der Waals surface area contributed by atoms with Crippen LogP contribution in [0.25, 0.3) is 0 Å². The van der Waals surface area contributed by atoms with Gasteiger partial charge in [0, 0.05) is 29.7 Å². The van der Waals surface area contributed by atoms with Gasteiger partial charge in [-0.05, 0) is 31.2 Å². The van der Waals surface area contributed by atoms with Gasteiger partial charge in [0.1, 0.15) is 5.82 Å². The van der Waals surface area contributed by atoms with Crippen molar-refractivity contribution in [2.24, 2.45) is 0 Å². The molecule has 90 valence electrons. The first kappa shape index (κ1) is 13.6. The van der Waals surface area contributed by atoms with Crippen LogP contribution in [0, 0.1) is 5.82 Å². The van der Waals surface area contributed by atoms with Crippen LogP contribution in [0.5, 0.6) is 0 Å². The van der Waals surface area contributed by atoms with E-state index in [4.69, 9.17) is 5.11 Å². The van der Waals surface area contributed by atoms with Gasteiger partial charge in [-0.25, -0.2) is 4.39 Å². The molecule has 0 amide bonds. The van der Waals surface area contributed by atoms with Gasteiger partial charge >= 0.3 is 0 Å². The first-order chi connectivity index (χ1) is 7.67. The average Bonchev–Trinajstić information content (AvgIpc) is 2.28. The van der Waals surface area contributed by atoms with Crippen molar-refractivity contribution in [3.63, 3.8) is 0 Å². The van der Waals surface area contributed by atoms with Crippen molar-refractivity contribution >= 4 is 15.9 Å². The number of aliphatic hydroxyl groups is 1. The minimum Gasteiger partial charge on any atom is -0.396 e.